The number of aliphatic hydroxyl groups excluding tert-OH is 1. The van der Waals surface area contributed by atoms with Crippen LogP contribution in [0.1, 0.15) is 229 Å². The van der Waals surface area contributed by atoms with Crippen LogP contribution in [-0.4, -0.2) is 111 Å². The van der Waals surface area contributed by atoms with Crippen molar-refractivity contribution in [2.45, 2.75) is 308 Å². The molecule has 0 atom stereocenters. The summed E-state index contributed by atoms with van der Waals surface area (Å²) in [4.78, 5) is 2.83. The molecular formula is C87H160Cl10Fe2MgN6OSi5. The number of halogens is 10. The average molecular weight is 1940 g/mol. The summed E-state index contributed by atoms with van der Waals surface area (Å²) in [7, 11) is -4.42. The van der Waals surface area contributed by atoms with Crippen LogP contribution in [-0.2, 0) is 40.7 Å². The fourth-order valence-electron chi connectivity index (χ4n) is 13.7. The Hall–Kier alpha value is 0.510. The van der Waals surface area contributed by atoms with E-state index in [9.17, 15) is 0 Å². The van der Waals surface area contributed by atoms with Crippen molar-refractivity contribution < 1.29 is 51.7 Å². The van der Waals surface area contributed by atoms with Crippen molar-refractivity contribution in [1.29, 1.82) is 0 Å². The molecule has 4 fully saturated rings. The van der Waals surface area contributed by atoms with Crippen molar-refractivity contribution in [1.82, 2.24) is 15.0 Å². The predicted molar refractivity (Wildman–Crippen MR) is 528 cm³/mol. The second-order valence-corrected chi connectivity index (χ2v) is 60.6. The van der Waals surface area contributed by atoms with Crippen LogP contribution in [0.25, 0.3) is 10.4 Å². The van der Waals surface area contributed by atoms with Crippen LogP contribution in [0.15, 0.2) is 158 Å². The van der Waals surface area contributed by atoms with Gasteiger partial charge in [0.05, 0.1) is 29.9 Å². The van der Waals surface area contributed by atoms with Crippen molar-refractivity contribution in [3.8, 4) is 12.3 Å². The molecule has 112 heavy (non-hydrogen) atoms. The minimum Gasteiger partial charge on any atom is -1.00 e. The maximum Gasteiger partial charge on any atom is 2.00 e. The first-order valence-corrected chi connectivity index (χ1v) is 58.4. The fourth-order valence-corrected chi connectivity index (χ4v) is 34.0. The molecule has 1 aromatic heterocycles. The van der Waals surface area contributed by atoms with E-state index >= 15 is 0 Å². The van der Waals surface area contributed by atoms with Crippen molar-refractivity contribution in [3.63, 3.8) is 0 Å². The Bertz CT molecular complexity index is 2450. The zero-order valence-corrected chi connectivity index (χ0v) is 89.6. The number of hydrogen-bond donors (Lipinski definition) is 1. The number of azide groups is 1. The maximum atomic E-state index is 8.36. The Labute approximate surface area is 787 Å². The average Bonchev–Trinajstić information content (AvgIpc) is 1.53. The molecule has 0 amide bonds. The molecule has 0 bridgehead atoms. The molecule has 25 heteroatoms. The number of aromatic nitrogens is 3. The molecule has 4 saturated carbocycles. The third-order valence-electron chi connectivity index (χ3n) is 16.5. The molecule has 652 valence electrons. The molecule has 0 aromatic carbocycles. The van der Waals surface area contributed by atoms with Gasteiger partial charge in [0.25, 0.3) is 0 Å². The van der Waals surface area contributed by atoms with Crippen LogP contribution in [0.5, 0.6) is 0 Å². The molecule has 7 nitrogen and oxygen atoms in total. The second-order valence-electron chi connectivity index (χ2n) is 30.1. The van der Waals surface area contributed by atoms with Gasteiger partial charge in [0, 0.05) is 60.3 Å². The first-order valence-electron chi connectivity index (χ1n) is 37.8. The Morgan fingerprint density at radius 2 is 0.830 bits per heavy atom. The third kappa shape index (κ3) is 107. The molecule has 0 unspecified atom stereocenters. The van der Waals surface area contributed by atoms with Gasteiger partial charge in [0.15, 0.2) is 0 Å². The van der Waals surface area contributed by atoms with E-state index < -0.39 is 37.0 Å². The standard InChI is InChI=1S/C22H37N3Si.C15H27ClSi.C15H27N3Si.C7H10.2C5H10.C4H7Cl.C4H8O.C4H7.C2H4Cl4Si.4CH3.Cl3HSi.ClH.2Fe.Mg/c1-18(2)15-26(16-19(3)4,17-20(5)6)13-9-12-25-14-22(23-24-25)21-10-7-8-11-21;1-13(2)10-17(9-7-8-16,11-14(3)4)12-15(5)6;1-13(2)10-19(11-14(3)4,12-15(5)6)9-7-8-17-18-16;1-2-7-5-3-4-6-7;2*1-2-4-5-3-1;2*1-2-3-4-5;1-4(2)3;3-1-2-7(4,5)6;;;;;1-4(2)3;;;;/h14,21H,1,3,5,7-13,15-17H2,2,4,6H3;1,3,5,7-12H2,2,4,6H3;1,3,5,7-12H2,2,4,6H3;1,7H,3-6H2;2*1-5H2;2H,1,3-4H2;2,5H,1,3-4H2;1-2H2,3H3;1-2H2;4*1H3;4H;1H;;;/q;;;;;;;;-1;;4*-1;;;3*+2/p-1. The van der Waals surface area contributed by atoms with Gasteiger partial charge in [-0.25, -0.2) is 19.1 Å². The zero-order chi connectivity index (χ0) is 81.0. The molecule has 0 saturated heterocycles. The number of aliphatic hydroxyl groups is 1. The SMILES string of the molecule is C#CC1CCCC1.C1CCCC1.C1CCCC1.C=C(C)C[Si](CCCCl)(CC(=C)C)CC(=C)C.C=C(C)C[Si](CCCN=[N+]=[N-])(CC(=C)C)CC(=C)C.C=C(C)C[Si](CCCn1cc(C2CCCC2)nn1)(CC(=C)C)CC(=C)C.C=C([CH2-])C.C=CCCCl.C=CCCO.ClCC[Si](Cl)(Cl)Cl.Cl[SiH](Cl)Cl.[CH3-].[CH3-].[CH3-].[CH3-].[Cl-].[Fe+2].[Fe+2].[Mg+2]. The summed E-state index contributed by atoms with van der Waals surface area (Å²) < 4.78 is 2.06. The number of terminal acetylenes is 1. The summed E-state index contributed by atoms with van der Waals surface area (Å²) in [6.07, 6.45) is 41.2. The Morgan fingerprint density at radius 3 is 1.03 bits per heavy atom. The molecule has 4 aliphatic carbocycles. The van der Waals surface area contributed by atoms with Crippen LogP contribution in [0.2, 0.25) is 78.6 Å². The van der Waals surface area contributed by atoms with Crippen molar-refractivity contribution in [2.75, 3.05) is 30.8 Å². The minimum atomic E-state index is -2.37. The van der Waals surface area contributed by atoms with E-state index in [4.69, 9.17) is 118 Å². The summed E-state index contributed by atoms with van der Waals surface area (Å²) in [5.41, 5.74) is 22.1. The molecule has 0 aliphatic heterocycles. The number of allylic oxidation sites excluding steroid dienone is 11. The normalized spacial score (nSPS) is 12.6. The van der Waals surface area contributed by atoms with Crippen molar-refractivity contribution in [2.24, 2.45) is 11.0 Å². The van der Waals surface area contributed by atoms with E-state index in [1.165, 1.54) is 220 Å². The second kappa shape index (κ2) is 95.3. The quantitative estimate of drug-likeness (QED) is 0.00692. The van der Waals surface area contributed by atoms with Crippen molar-refractivity contribution in [3.05, 3.63) is 206 Å². The van der Waals surface area contributed by atoms with Gasteiger partial charge in [-0.2, -0.15) is 0 Å². The Morgan fingerprint density at radius 1 is 0.545 bits per heavy atom. The minimum absolute atomic E-state index is 0. The molecule has 0 spiro atoms. The van der Waals surface area contributed by atoms with Crippen LogP contribution in [0.4, 0.5) is 0 Å². The van der Waals surface area contributed by atoms with Gasteiger partial charge in [0.1, 0.15) is 0 Å². The van der Waals surface area contributed by atoms with E-state index in [2.05, 4.69) is 185 Å². The van der Waals surface area contributed by atoms with E-state index in [1.54, 1.807) is 12.2 Å². The van der Waals surface area contributed by atoms with E-state index in [0.29, 0.717) is 42.6 Å². The molecule has 1 N–H and O–H groups in total. The van der Waals surface area contributed by atoms with Gasteiger partial charge >= 0.3 is 69.9 Å². The van der Waals surface area contributed by atoms with Crippen LogP contribution in [0.3, 0.4) is 0 Å². The Kier molecular flexibility index (Phi) is 123. The van der Waals surface area contributed by atoms with Gasteiger partial charge in [-0.1, -0.05) is 194 Å². The van der Waals surface area contributed by atoms with Crippen LogP contribution in [0, 0.1) is 54.9 Å². The molecular weight excluding hydrogens is 1780 g/mol. The van der Waals surface area contributed by atoms with Crippen LogP contribution < -0.4 is 12.4 Å². The molecule has 0 radical (unpaired) electrons. The first-order chi connectivity index (χ1) is 48.7. The predicted octanol–water partition coefficient (Wildman–Crippen LogP) is 30.3. The monoisotopic (exact) mass is 1930 g/mol. The van der Waals surface area contributed by atoms with Crippen LogP contribution >= 0.6 is 101 Å². The van der Waals surface area contributed by atoms with E-state index in [0.717, 1.165) is 67.9 Å². The summed E-state index contributed by atoms with van der Waals surface area (Å²) in [6.45, 7) is 72.1. The van der Waals surface area contributed by atoms with Gasteiger partial charge in [-0.3, -0.25) is 4.68 Å². The Balaban J connectivity index is -0.0000000836. The molecule has 1 heterocycles. The molecule has 4 aliphatic rings. The maximum absolute atomic E-state index is 8.36. The fraction of sp³-hybridized carbons (Fsp3) is 0.621. The first kappa shape index (κ1) is 144. The smallest absolute Gasteiger partial charge is 1.00 e. The molecule has 1 aromatic rings. The van der Waals surface area contributed by atoms with E-state index in [-0.39, 0.29) is 106 Å². The van der Waals surface area contributed by atoms with Crippen molar-refractivity contribution >= 4 is 161 Å². The topological polar surface area (TPSA) is 99.7 Å². The number of hydrogen-bond acceptors (Lipinski definition) is 4. The largest absolute Gasteiger partial charge is 2.00 e. The third-order valence-corrected chi connectivity index (χ3v) is 36.4. The van der Waals surface area contributed by atoms with Gasteiger partial charge < -0.3 is 47.2 Å². The van der Waals surface area contributed by atoms with Gasteiger partial charge in [0.2, 0.25) is 0 Å². The zero-order valence-electron chi connectivity index (χ0n) is 73.3. The summed E-state index contributed by atoms with van der Waals surface area (Å²) in [5, 5.41) is 20.5. The van der Waals surface area contributed by atoms with Gasteiger partial charge in [-0.05, 0) is 180 Å². The molecule has 5 rings (SSSR count). The number of alkyl halides is 3. The summed E-state index contributed by atoms with van der Waals surface area (Å²) in [5.74, 6) is 5.94. The summed E-state index contributed by atoms with van der Waals surface area (Å²) >= 11 is 47.5. The number of rotatable bonds is 36. The number of nitrogens with zero attached hydrogens (tertiary/aromatic N) is 6. The van der Waals surface area contributed by atoms with E-state index in [1.807, 2.05) is 6.92 Å². The summed E-state index contributed by atoms with van der Waals surface area (Å²) in [6, 6.07) is 12.3. The van der Waals surface area contributed by atoms with Gasteiger partial charge in [-0.15, -0.1) is 191 Å². The number of aryl methyl sites for hydroxylation is 1.